The van der Waals surface area contributed by atoms with Crippen molar-refractivity contribution in [3.63, 3.8) is 0 Å². The number of hydrogen-bond acceptors (Lipinski definition) is 4. The van der Waals surface area contributed by atoms with E-state index in [9.17, 15) is 9.59 Å². The first-order valence-electron chi connectivity index (χ1n) is 13.7. The van der Waals surface area contributed by atoms with Gasteiger partial charge in [0.1, 0.15) is 6.04 Å². The SMILES string of the molecule is CC(C)C[C@H](C(=O)N(C)Cc1ccc(Cl)c(Cl)c1)N1CCC(CCc2ccccc2)N2C[C@H](N)C[C@H]2C1=O. The maximum atomic E-state index is 14.0. The van der Waals surface area contributed by atoms with Gasteiger partial charge in [-0.3, -0.25) is 14.5 Å². The van der Waals surface area contributed by atoms with Crippen molar-refractivity contribution in [1.29, 1.82) is 0 Å². The van der Waals surface area contributed by atoms with Gasteiger partial charge in [0.2, 0.25) is 11.8 Å². The van der Waals surface area contributed by atoms with Gasteiger partial charge in [0.25, 0.3) is 0 Å². The minimum Gasteiger partial charge on any atom is -0.340 e. The molecule has 2 heterocycles. The van der Waals surface area contributed by atoms with Crippen molar-refractivity contribution in [2.45, 2.75) is 76.7 Å². The number of hydrogen-bond donors (Lipinski definition) is 1. The Bertz CT molecular complexity index is 1110. The minimum atomic E-state index is -0.512. The zero-order valence-electron chi connectivity index (χ0n) is 22.7. The van der Waals surface area contributed by atoms with Gasteiger partial charge in [-0.1, -0.05) is 73.4 Å². The largest absolute Gasteiger partial charge is 0.340 e. The number of likely N-dealkylation sites (N-methyl/N-ethyl adjacent to an activating group) is 1. The summed E-state index contributed by atoms with van der Waals surface area (Å²) in [5.41, 5.74) is 8.59. The number of halogens is 2. The maximum absolute atomic E-state index is 14.0. The Hall–Kier alpha value is -2.12. The van der Waals surface area contributed by atoms with E-state index in [-0.39, 0.29) is 35.9 Å². The average molecular weight is 560 g/mol. The molecule has 2 fully saturated rings. The fourth-order valence-corrected chi connectivity index (χ4v) is 6.27. The molecule has 2 N–H and O–H groups in total. The molecule has 0 bridgehead atoms. The quantitative estimate of drug-likeness (QED) is 0.470. The number of benzene rings is 2. The number of nitrogens with zero attached hydrogens (tertiary/aromatic N) is 3. The lowest BCUT2D eigenvalue weighted by molar-refractivity contribution is -0.147. The van der Waals surface area contributed by atoms with Crippen LogP contribution in [0.1, 0.15) is 50.7 Å². The molecule has 38 heavy (non-hydrogen) atoms. The molecular formula is C30H40Cl2N4O2. The van der Waals surface area contributed by atoms with Crippen molar-refractivity contribution in [2.75, 3.05) is 20.1 Å². The Morgan fingerprint density at radius 2 is 1.84 bits per heavy atom. The van der Waals surface area contributed by atoms with Crippen LogP contribution in [-0.2, 0) is 22.6 Å². The Labute approximate surface area is 237 Å². The average Bonchev–Trinajstić information content (AvgIpc) is 3.23. The third-order valence-electron chi connectivity index (χ3n) is 7.86. The summed E-state index contributed by atoms with van der Waals surface area (Å²) in [6.45, 7) is 5.89. The van der Waals surface area contributed by atoms with Crippen LogP contribution in [0.2, 0.25) is 10.0 Å². The van der Waals surface area contributed by atoms with E-state index in [4.69, 9.17) is 28.9 Å². The summed E-state index contributed by atoms with van der Waals surface area (Å²) < 4.78 is 0. The number of carbonyl (C=O) groups is 2. The first-order valence-corrected chi connectivity index (χ1v) is 14.4. The monoisotopic (exact) mass is 558 g/mol. The van der Waals surface area contributed by atoms with E-state index in [0.29, 0.717) is 36.0 Å². The number of aryl methyl sites for hydroxylation is 1. The Morgan fingerprint density at radius 3 is 2.53 bits per heavy atom. The predicted octanol–water partition coefficient (Wildman–Crippen LogP) is 5.00. The molecule has 0 saturated carbocycles. The van der Waals surface area contributed by atoms with E-state index < -0.39 is 6.04 Å². The molecule has 2 saturated heterocycles. The van der Waals surface area contributed by atoms with Crippen molar-refractivity contribution in [1.82, 2.24) is 14.7 Å². The van der Waals surface area contributed by atoms with Gasteiger partial charge < -0.3 is 15.5 Å². The highest BCUT2D eigenvalue weighted by Crippen LogP contribution is 2.31. The van der Waals surface area contributed by atoms with Crippen LogP contribution in [0.5, 0.6) is 0 Å². The lowest BCUT2D eigenvalue weighted by Crippen LogP contribution is -2.53. The van der Waals surface area contributed by atoms with Crippen LogP contribution in [0.3, 0.4) is 0 Å². The highest BCUT2D eigenvalue weighted by atomic mass is 35.5. The molecule has 0 spiro atoms. The van der Waals surface area contributed by atoms with Crippen LogP contribution >= 0.6 is 23.2 Å². The third-order valence-corrected chi connectivity index (χ3v) is 8.60. The summed E-state index contributed by atoms with van der Waals surface area (Å²) in [5, 5.41) is 0.948. The van der Waals surface area contributed by atoms with Gasteiger partial charge >= 0.3 is 0 Å². The molecule has 0 aromatic heterocycles. The molecule has 0 radical (unpaired) electrons. The predicted molar refractivity (Wildman–Crippen MR) is 154 cm³/mol. The standard InChI is InChI=1S/C30H40Cl2N4O2/c1-20(2)15-27(29(37)34(3)18-22-10-12-25(31)26(32)16-22)35-14-13-24(11-9-21-7-5-4-6-8-21)36-19-23(33)17-28(36)30(35)38/h4-8,10,12,16,20,23-24,27-28H,9,11,13-15,17-19,33H2,1-3H3/t23-,24?,27-,28+/m1/s1. The highest BCUT2D eigenvalue weighted by Gasteiger charge is 2.46. The number of nitrogens with two attached hydrogens (primary N) is 1. The number of amides is 2. The van der Waals surface area contributed by atoms with Crippen molar-refractivity contribution in [2.24, 2.45) is 11.7 Å². The zero-order chi connectivity index (χ0) is 27.4. The normalized spacial score (nSPS) is 22.9. The molecule has 4 rings (SSSR count). The van der Waals surface area contributed by atoms with Crippen LogP contribution in [0.15, 0.2) is 48.5 Å². The Balaban J connectivity index is 1.53. The molecule has 1 unspecified atom stereocenters. The van der Waals surface area contributed by atoms with Crippen molar-refractivity contribution in [3.05, 3.63) is 69.7 Å². The number of fused-ring (bicyclic) bond motifs is 1. The molecule has 0 aliphatic carbocycles. The molecule has 6 nitrogen and oxygen atoms in total. The summed E-state index contributed by atoms with van der Waals surface area (Å²) in [4.78, 5) is 33.8. The van der Waals surface area contributed by atoms with Gasteiger partial charge in [-0.25, -0.2) is 0 Å². The number of rotatable bonds is 9. The van der Waals surface area contributed by atoms with Gasteiger partial charge in [-0.2, -0.15) is 0 Å². The van der Waals surface area contributed by atoms with Crippen molar-refractivity contribution < 1.29 is 9.59 Å². The summed E-state index contributed by atoms with van der Waals surface area (Å²) in [6.07, 6.45) is 4.01. The summed E-state index contributed by atoms with van der Waals surface area (Å²) >= 11 is 12.3. The fraction of sp³-hybridized carbons (Fsp3) is 0.533. The molecule has 206 valence electrons. The van der Waals surface area contributed by atoms with Gasteiger partial charge in [-0.05, 0) is 61.3 Å². The second-order valence-electron chi connectivity index (χ2n) is 11.3. The molecule has 2 aliphatic heterocycles. The molecule has 2 aromatic carbocycles. The number of carbonyl (C=O) groups excluding carboxylic acids is 2. The maximum Gasteiger partial charge on any atom is 0.245 e. The van der Waals surface area contributed by atoms with Gasteiger partial charge in [0.15, 0.2) is 0 Å². The van der Waals surface area contributed by atoms with E-state index in [1.54, 1.807) is 24.1 Å². The molecular weight excluding hydrogens is 519 g/mol. The molecule has 2 aromatic rings. The third kappa shape index (κ3) is 6.90. The van der Waals surface area contributed by atoms with Gasteiger partial charge in [-0.15, -0.1) is 0 Å². The zero-order valence-corrected chi connectivity index (χ0v) is 24.2. The van der Waals surface area contributed by atoms with Crippen LogP contribution in [-0.4, -0.2) is 70.8 Å². The van der Waals surface area contributed by atoms with Crippen molar-refractivity contribution in [3.8, 4) is 0 Å². The summed E-state index contributed by atoms with van der Waals surface area (Å²) in [7, 11) is 1.79. The first-order chi connectivity index (χ1) is 18.1. The van der Waals surface area contributed by atoms with E-state index in [1.807, 2.05) is 17.0 Å². The van der Waals surface area contributed by atoms with Crippen LogP contribution in [0, 0.1) is 5.92 Å². The summed E-state index contributed by atoms with van der Waals surface area (Å²) in [6, 6.07) is 15.3. The van der Waals surface area contributed by atoms with Gasteiger partial charge in [0.05, 0.1) is 16.1 Å². The minimum absolute atomic E-state index is 0.0281. The molecule has 2 amide bonds. The molecule has 8 heteroatoms. The van der Waals surface area contributed by atoms with E-state index in [0.717, 1.165) is 31.4 Å². The van der Waals surface area contributed by atoms with Crippen molar-refractivity contribution >= 4 is 35.0 Å². The summed E-state index contributed by atoms with van der Waals surface area (Å²) in [5.74, 6) is 0.256. The highest BCUT2D eigenvalue weighted by molar-refractivity contribution is 6.42. The van der Waals surface area contributed by atoms with Gasteiger partial charge in [0, 0.05) is 38.8 Å². The molecule has 2 aliphatic rings. The first kappa shape index (κ1) is 28.9. The smallest absolute Gasteiger partial charge is 0.245 e. The van der Waals surface area contributed by atoms with Crippen LogP contribution in [0.25, 0.3) is 0 Å². The van der Waals surface area contributed by atoms with Crippen LogP contribution in [0.4, 0.5) is 0 Å². The fourth-order valence-electron chi connectivity index (χ4n) is 5.95. The lowest BCUT2D eigenvalue weighted by atomic mass is 9.99. The van der Waals surface area contributed by atoms with Crippen LogP contribution < -0.4 is 5.73 Å². The second-order valence-corrected chi connectivity index (χ2v) is 12.1. The molecule has 4 atom stereocenters. The second kappa shape index (κ2) is 12.8. The topological polar surface area (TPSA) is 69.9 Å². The lowest BCUT2D eigenvalue weighted by Gasteiger charge is -2.35. The van der Waals surface area contributed by atoms with E-state index in [2.05, 4.69) is 43.0 Å². The van der Waals surface area contributed by atoms with E-state index >= 15 is 0 Å². The van der Waals surface area contributed by atoms with E-state index in [1.165, 1.54) is 5.56 Å². The Kier molecular flexibility index (Phi) is 9.74. The Morgan fingerprint density at radius 1 is 1.11 bits per heavy atom.